The molecule has 2 heterocycles. The summed E-state index contributed by atoms with van der Waals surface area (Å²) < 4.78 is 17.6. The van der Waals surface area contributed by atoms with Crippen LogP contribution in [0, 0.1) is 0 Å². The number of furan rings is 1. The summed E-state index contributed by atoms with van der Waals surface area (Å²) in [5.41, 5.74) is 1.37. The van der Waals surface area contributed by atoms with Crippen molar-refractivity contribution < 1.29 is 23.5 Å². The first-order valence-corrected chi connectivity index (χ1v) is 11.7. The fourth-order valence-electron chi connectivity index (χ4n) is 3.54. The maximum atomic E-state index is 13.0. The van der Waals surface area contributed by atoms with Crippen molar-refractivity contribution in [3.8, 4) is 17.1 Å². The lowest BCUT2D eigenvalue weighted by Crippen LogP contribution is -2.38. The molecule has 0 radical (unpaired) electrons. The molecule has 1 aliphatic heterocycles. The molecule has 176 valence electrons. The number of methoxy groups -OCH3 is 1. The number of carbonyl (C=O) groups excluding carboxylic acids is 2. The molecule has 7 nitrogen and oxygen atoms in total. The summed E-state index contributed by atoms with van der Waals surface area (Å²) in [6.45, 7) is 1.07. The van der Waals surface area contributed by atoms with Crippen LogP contribution < -0.4 is 15.4 Å². The third-order valence-electron chi connectivity index (χ3n) is 5.40. The summed E-state index contributed by atoms with van der Waals surface area (Å²) in [5.74, 6) is 0.895. The number of halogens is 1. The fourth-order valence-corrected chi connectivity index (χ4v) is 3.81. The minimum absolute atomic E-state index is 0.0184. The highest BCUT2D eigenvalue weighted by atomic mass is 79.9. The summed E-state index contributed by atoms with van der Waals surface area (Å²) in [7, 11) is 1.56. The standard InChI is InChI=1S/C26H25BrN2O5/c1-32-20-10-6-18(7-11-20)25(30)29-23(26(31)28-16-22-3-2-14-33-22)15-21-12-13-24(34-21)17-4-8-19(27)9-5-17/h4-13,15,22H,2-3,14,16H2,1H3,(H,28,31)(H,29,30)/b23-15-/t22-/m1/s1. The average molecular weight is 525 g/mol. The fraction of sp³-hybridized carbons (Fsp3) is 0.231. The minimum atomic E-state index is -0.418. The lowest BCUT2D eigenvalue weighted by Gasteiger charge is -2.13. The molecule has 8 heteroatoms. The second kappa shape index (κ2) is 11.2. The quantitative estimate of drug-likeness (QED) is 0.413. The maximum Gasteiger partial charge on any atom is 0.268 e. The molecule has 1 aliphatic rings. The minimum Gasteiger partial charge on any atom is -0.497 e. The molecular formula is C26H25BrN2O5. The van der Waals surface area contributed by atoms with Crippen molar-refractivity contribution in [1.29, 1.82) is 0 Å². The van der Waals surface area contributed by atoms with Crippen LogP contribution in [0.2, 0.25) is 0 Å². The molecule has 1 saturated heterocycles. The Morgan fingerprint density at radius 2 is 1.85 bits per heavy atom. The van der Waals surface area contributed by atoms with E-state index in [-0.39, 0.29) is 11.8 Å². The predicted octanol–water partition coefficient (Wildman–Crippen LogP) is 4.78. The number of nitrogens with one attached hydrogen (secondary N) is 2. The topological polar surface area (TPSA) is 89.8 Å². The number of amides is 2. The van der Waals surface area contributed by atoms with Crippen LogP contribution in [0.1, 0.15) is 29.0 Å². The zero-order chi connectivity index (χ0) is 23.9. The zero-order valence-electron chi connectivity index (χ0n) is 18.7. The number of carbonyl (C=O) groups is 2. The van der Waals surface area contributed by atoms with Gasteiger partial charge in [-0.1, -0.05) is 28.1 Å². The second-order valence-corrected chi connectivity index (χ2v) is 8.71. The van der Waals surface area contributed by atoms with Gasteiger partial charge in [0.1, 0.15) is 23.0 Å². The molecule has 4 rings (SSSR count). The Balaban J connectivity index is 1.54. The van der Waals surface area contributed by atoms with Crippen LogP contribution >= 0.6 is 15.9 Å². The number of hydrogen-bond acceptors (Lipinski definition) is 5. The lowest BCUT2D eigenvalue weighted by molar-refractivity contribution is -0.118. The zero-order valence-corrected chi connectivity index (χ0v) is 20.3. The largest absolute Gasteiger partial charge is 0.497 e. The molecule has 0 saturated carbocycles. The van der Waals surface area contributed by atoms with Crippen molar-refractivity contribution in [1.82, 2.24) is 10.6 Å². The molecule has 1 fully saturated rings. The summed E-state index contributed by atoms with van der Waals surface area (Å²) in [5, 5.41) is 5.56. The van der Waals surface area contributed by atoms with Gasteiger partial charge in [-0.2, -0.15) is 0 Å². The molecule has 0 spiro atoms. The van der Waals surface area contributed by atoms with Crippen LogP contribution in [0.5, 0.6) is 5.75 Å². The highest BCUT2D eigenvalue weighted by molar-refractivity contribution is 9.10. The normalized spacial score (nSPS) is 15.7. The summed E-state index contributed by atoms with van der Waals surface area (Å²) in [4.78, 5) is 25.8. The van der Waals surface area contributed by atoms with Gasteiger partial charge in [-0.3, -0.25) is 9.59 Å². The van der Waals surface area contributed by atoms with Crippen molar-refractivity contribution >= 4 is 33.8 Å². The van der Waals surface area contributed by atoms with E-state index < -0.39 is 11.8 Å². The Kier molecular flexibility index (Phi) is 7.82. The van der Waals surface area contributed by atoms with E-state index in [4.69, 9.17) is 13.9 Å². The number of rotatable bonds is 8. The first-order valence-electron chi connectivity index (χ1n) is 10.9. The van der Waals surface area contributed by atoms with Crippen LogP contribution in [-0.4, -0.2) is 38.2 Å². The van der Waals surface area contributed by atoms with Gasteiger partial charge < -0.3 is 24.5 Å². The Labute approximate surface area is 206 Å². The van der Waals surface area contributed by atoms with Gasteiger partial charge in [0.25, 0.3) is 11.8 Å². The van der Waals surface area contributed by atoms with Crippen LogP contribution in [0.4, 0.5) is 0 Å². The third-order valence-corrected chi connectivity index (χ3v) is 5.93. The molecular weight excluding hydrogens is 500 g/mol. The number of benzene rings is 2. The summed E-state index contributed by atoms with van der Waals surface area (Å²) >= 11 is 3.42. The van der Waals surface area contributed by atoms with Gasteiger partial charge in [0.05, 0.1) is 13.2 Å². The van der Waals surface area contributed by atoms with Gasteiger partial charge in [-0.05, 0) is 61.4 Å². The van der Waals surface area contributed by atoms with Crippen molar-refractivity contribution in [3.05, 3.63) is 82.2 Å². The van der Waals surface area contributed by atoms with E-state index in [0.29, 0.717) is 36.0 Å². The molecule has 2 aromatic carbocycles. The first kappa shape index (κ1) is 23.8. The predicted molar refractivity (Wildman–Crippen MR) is 132 cm³/mol. The van der Waals surface area contributed by atoms with Crippen LogP contribution in [0.15, 0.2) is 75.3 Å². The molecule has 0 unspecified atom stereocenters. The molecule has 2 amide bonds. The van der Waals surface area contributed by atoms with Gasteiger partial charge in [-0.15, -0.1) is 0 Å². The molecule has 3 aromatic rings. The van der Waals surface area contributed by atoms with Crippen LogP contribution in [0.3, 0.4) is 0 Å². The molecule has 1 atom stereocenters. The Morgan fingerprint density at radius 3 is 2.53 bits per heavy atom. The Hall–Kier alpha value is -3.36. The van der Waals surface area contributed by atoms with E-state index in [1.807, 2.05) is 30.3 Å². The van der Waals surface area contributed by atoms with Gasteiger partial charge in [0.2, 0.25) is 0 Å². The maximum absolute atomic E-state index is 13.0. The van der Waals surface area contributed by atoms with Crippen LogP contribution in [-0.2, 0) is 9.53 Å². The van der Waals surface area contributed by atoms with E-state index in [9.17, 15) is 9.59 Å². The smallest absolute Gasteiger partial charge is 0.268 e. The second-order valence-electron chi connectivity index (χ2n) is 7.79. The number of hydrogen-bond donors (Lipinski definition) is 2. The van der Waals surface area contributed by atoms with E-state index >= 15 is 0 Å². The van der Waals surface area contributed by atoms with Gasteiger partial charge >= 0.3 is 0 Å². The van der Waals surface area contributed by atoms with Gasteiger partial charge in [0.15, 0.2) is 0 Å². The van der Waals surface area contributed by atoms with Gasteiger partial charge in [-0.25, -0.2) is 0 Å². The van der Waals surface area contributed by atoms with Crippen molar-refractivity contribution in [2.45, 2.75) is 18.9 Å². The monoisotopic (exact) mass is 524 g/mol. The van der Waals surface area contributed by atoms with E-state index in [0.717, 1.165) is 22.9 Å². The van der Waals surface area contributed by atoms with Crippen LogP contribution in [0.25, 0.3) is 17.4 Å². The average Bonchev–Trinajstić information content (AvgIpc) is 3.55. The highest BCUT2D eigenvalue weighted by Gasteiger charge is 2.20. The summed E-state index contributed by atoms with van der Waals surface area (Å²) in [6.07, 6.45) is 3.37. The van der Waals surface area contributed by atoms with Gasteiger partial charge in [0, 0.05) is 34.8 Å². The van der Waals surface area contributed by atoms with E-state index in [1.165, 1.54) is 6.08 Å². The Bertz CT molecular complexity index is 1160. The van der Waals surface area contributed by atoms with E-state index in [1.54, 1.807) is 37.4 Å². The molecule has 0 aliphatic carbocycles. The first-order chi connectivity index (χ1) is 16.5. The summed E-state index contributed by atoms with van der Waals surface area (Å²) in [6, 6.07) is 17.9. The lowest BCUT2D eigenvalue weighted by atomic mass is 10.2. The molecule has 0 bridgehead atoms. The van der Waals surface area contributed by atoms with Crippen molar-refractivity contribution in [2.24, 2.45) is 0 Å². The molecule has 1 aromatic heterocycles. The SMILES string of the molecule is COc1ccc(C(=O)N/C(=C\c2ccc(-c3ccc(Br)cc3)o2)C(=O)NC[C@H]2CCCO2)cc1. The highest BCUT2D eigenvalue weighted by Crippen LogP contribution is 2.25. The van der Waals surface area contributed by atoms with E-state index in [2.05, 4.69) is 26.6 Å². The molecule has 34 heavy (non-hydrogen) atoms. The van der Waals surface area contributed by atoms with Crippen molar-refractivity contribution in [3.63, 3.8) is 0 Å². The third kappa shape index (κ3) is 6.15. The Morgan fingerprint density at radius 1 is 1.09 bits per heavy atom. The van der Waals surface area contributed by atoms with Crippen molar-refractivity contribution in [2.75, 3.05) is 20.3 Å². The molecule has 2 N–H and O–H groups in total. The number of ether oxygens (including phenoxy) is 2.